The van der Waals surface area contributed by atoms with E-state index in [2.05, 4.69) is 10.0 Å². The van der Waals surface area contributed by atoms with Gasteiger partial charge in [0.15, 0.2) is 0 Å². The van der Waals surface area contributed by atoms with Crippen LogP contribution in [-0.2, 0) is 36.8 Å². The summed E-state index contributed by atoms with van der Waals surface area (Å²) in [6.45, 7) is 2.35. The van der Waals surface area contributed by atoms with Crippen LogP contribution < -0.4 is 10.0 Å². The van der Waals surface area contributed by atoms with E-state index in [1.807, 2.05) is 19.1 Å². The van der Waals surface area contributed by atoms with E-state index in [1.54, 1.807) is 12.1 Å². The minimum Gasteiger partial charge on any atom is -0.326 e. The zero-order chi connectivity index (χ0) is 29.1. The summed E-state index contributed by atoms with van der Waals surface area (Å²) in [4.78, 5) is 12.6. The molecule has 3 aromatic carbocycles. The highest BCUT2D eigenvalue weighted by Crippen LogP contribution is 2.31. The second-order valence-corrected chi connectivity index (χ2v) is 13.3. The number of sulfonamides is 2. The molecule has 1 amide bonds. The van der Waals surface area contributed by atoms with Gasteiger partial charge in [-0.15, -0.1) is 0 Å². The molecule has 1 fully saturated rings. The minimum atomic E-state index is -4.62. The van der Waals surface area contributed by atoms with Crippen LogP contribution in [0, 0.1) is 12.8 Å². The summed E-state index contributed by atoms with van der Waals surface area (Å²) in [7, 11) is -7.70. The van der Waals surface area contributed by atoms with Crippen molar-refractivity contribution in [2.45, 2.75) is 36.6 Å². The number of carbonyl (C=O) groups excluding carboxylic acids is 1. The fourth-order valence-electron chi connectivity index (χ4n) is 4.32. The molecule has 1 aliphatic heterocycles. The molecule has 40 heavy (non-hydrogen) atoms. The first kappa shape index (κ1) is 29.6. The highest BCUT2D eigenvalue weighted by atomic mass is 32.2. The Bertz CT molecular complexity index is 1570. The average molecular weight is 596 g/mol. The fraction of sp³-hybridized carbons (Fsp3) is 0.296. The monoisotopic (exact) mass is 595 g/mol. The topological polar surface area (TPSA) is 113 Å². The lowest BCUT2D eigenvalue weighted by atomic mass is 9.97. The van der Waals surface area contributed by atoms with E-state index < -0.39 is 37.7 Å². The number of piperidine rings is 1. The molecule has 0 unspecified atom stereocenters. The van der Waals surface area contributed by atoms with Gasteiger partial charge in [-0.2, -0.15) is 13.2 Å². The Labute approximate surface area is 231 Å². The van der Waals surface area contributed by atoms with Crippen molar-refractivity contribution in [2.24, 2.45) is 5.92 Å². The van der Waals surface area contributed by atoms with Gasteiger partial charge in [-0.1, -0.05) is 35.9 Å². The van der Waals surface area contributed by atoms with Crippen molar-refractivity contribution in [3.05, 3.63) is 89.5 Å². The van der Waals surface area contributed by atoms with Crippen LogP contribution in [0.3, 0.4) is 0 Å². The molecule has 3 aromatic rings. The lowest BCUT2D eigenvalue weighted by molar-refractivity contribution is -0.137. The van der Waals surface area contributed by atoms with E-state index in [0.29, 0.717) is 30.2 Å². The Morgan fingerprint density at radius 1 is 0.900 bits per heavy atom. The second kappa shape index (κ2) is 11.6. The van der Waals surface area contributed by atoms with Gasteiger partial charge in [0.1, 0.15) is 0 Å². The molecule has 0 atom stereocenters. The minimum absolute atomic E-state index is 0.109. The van der Waals surface area contributed by atoms with Crippen molar-refractivity contribution in [2.75, 3.05) is 23.1 Å². The molecule has 2 N–H and O–H groups in total. The van der Waals surface area contributed by atoms with E-state index in [1.165, 1.54) is 34.6 Å². The number of rotatable bonds is 8. The molecule has 1 aliphatic rings. The van der Waals surface area contributed by atoms with Gasteiger partial charge in [-0.3, -0.25) is 9.52 Å². The van der Waals surface area contributed by atoms with Crippen LogP contribution in [0.2, 0.25) is 0 Å². The molecule has 0 bridgehead atoms. The lowest BCUT2D eigenvalue weighted by Crippen LogP contribution is -2.41. The standard InChI is InChI=1S/C27H28F3N3O5S2/c1-19-5-7-20(8-6-19)18-39(35,36)33-15-13-21(14-16-33)26(34)31-23-9-11-25(12-10-23)40(37,38)32-24-4-2-3-22(17-24)27(28,29)30/h2-12,17,21,32H,13-16,18H2,1H3,(H,31,34). The van der Waals surface area contributed by atoms with Gasteiger partial charge >= 0.3 is 6.18 Å². The average Bonchev–Trinajstić information content (AvgIpc) is 2.90. The number of hydrogen-bond acceptors (Lipinski definition) is 5. The maximum Gasteiger partial charge on any atom is 0.416 e. The molecule has 0 aromatic heterocycles. The third kappa shape index (κ3) is 7.40. The quantitative estimate of drug-likeness (QED) is 0.381. The van der Waals surface area contributed by atoms with Crippen molar-refractivity contribution in [1.29, 1.82) is 0 Å². The number of hydrogen-bond donors (Lipinski definition) is 2. The zero-order valence-corrected chi connectivity index (χ0v) is 23.1. The van der Waals surface area contributed by atoms with Crippen LogP contribution in [0.5, 0.6) is 0 Å². The number of benzene rings is 3. The van der Waals surface area contributed by atoms with Crippen LogP contribution >= 0.6 is 0 Å². The molecule has 1 heterocycles. The third-order valence-electron chi connectivity index (χ3n) is 6.56. The Morgan fingerprint density at radius 3 is 2.12 bits per heavy atom. The SMILES string of the molecule is Cc1ccc(CS(=O)(=O)N2CCC(C(=O)Nc3ccc(S(=O)(=O)Nc4cccc(C(F)(F)F)c4)cc3)CC2)cc1. The highest BCUT2D eigenvalue weighted by Gasteiger charge is 2.32. The van der Waals surface area contributed by atoms with Gasteiger partial charge in [0, 0.05) is 30.4 Å². The largest absolute Gasteiger partial charge is 0.416 e. The van der Waals surface area contributed by atoms with Crippen molar-refractivity contribution < 1.29 is 34.8 Å². The van der Waals surface area contributed by atoms with Crippen molar-refractivity contribution in [1.82, 2.24) is 4.31 Å². The van der Waals surface area contributed by atoms with Crippen molar-refractivity contribution in [3.63, 3.8) is 0 Å². The maximum absolute atomic E-state index is 12.9. The van der Waals surface area contributed by atoms with Crippen molar-refractivity contribution in [3.8, 4) is 0 Å². The molecule has 0 aliphatic carbocycles. The summed E-state index contributed by atoms with van der Waals surface area (Å²) in [5, 5.41) is 2.72. The van der Waals surface area contributed by atoms with Gasteiger partial charge in [0.2, 0.25) is 15.9 Å². The Kier molecular flexibility index (Phi) is 8.57. The van der Waals surface area contributed by atoms with Gasteiger partial charge in [-0.25, -0.2) is 21.1 Å². The molecule has 1 saturated heterocycles. The van der Waals surface area contributed by atoms with Crippen LogP contribution in [0.15, 0.2) is 77.7 Å². The van der Waals surface area contributed by atoms with Gasteiger partial charge in [-0.05, 0) is 67.8 Å². The molecule has 4 rings (SSSR count). The smallest absolute Gasteiger partial charge is 0.326 e. The van der Waals surface area contributed by atoms with Crippen LogP contribution in [0.1, 0.15) is 29.5 Å². The molecule has 0 saturated carbocycles. The number of nitrogens with one attached hydrogen (secondary N) is 2. The number of nitrogens with zero attached hydrogens (tertiary/aromatic N) is 1. The molecule has 13 heteroatoms. The van der Waals surface area contributed by atoms with Crippen LogP contribution in [-0.4, -0.2) is 40.1 Å². The van der Waals surface area contributed by atoms with E-state index in [-0.39, 0.29) is 35.3 Å². The van der Waals surface area contributed by atoms with Gasteiger partial charge in [0.05, 0.1) is 16.2 Å². The lowest BCUT2D eigenvalue weighted by Gasteiger charge is -2.30. The summed E-state index contributed by atoms with van der Waals surface area (Å²) < 4.78 is 93.2. The zero-order valence-electron chi connectivity index (χ0n) is 21.5. The number of halogens is 3. The van der Waals surface area contributed by atoms with Gasteiger partial charge in [0.25, 0.3) is 10.0 Å². The van der Waals surface area contributed by atoms with E-state index in [0.717, 1.165) is 17.7 Å². The molecule has 0 spiro atoms. The maximum atomic E-state index is 12.9. The second-order valence-electron chi connectivity index (χ2n) is 9.61. The molecule has 8 nitrogen and oxygen atoms in total. The fourth-order valence-corrected chi connectivity index (χ4v) is 6.93. The van der Waals surface area contributed by atoms with Crippen LogP contribution in [0.4, 0.5) is 24.5 Å². The Hall–Kier alpha value is -3.42. The number of carbonyl (C=O) groups is 1. The Morgan fingerprint density at radius 2 is 1.52 bits per heavy atom. The van der Waals surface area contributed by atoms with E-state index >= 15 is 0 Å². The number of aryl methyl sites for hydroxylation is 1. The molecular formula is C27H28F3N3O5S2. The van der Waals surface area contributed by atoms with Gasteiger partial charge < -0.3 is 5.32 Å². The summed E-state index contributed by atoms with van der Waals surface area (Å²) in [5.74, 6) is -0.841. The Balaban J connectivity index is 1.32. The van der Waals surface area contributed by atoms with E-state index in [4.69, 9.17) is 0 Å². The first-order valence-corrected chi connectivity index (χ1v) is 15.5. The summed E-state index contributed by atoms with van der Waals surface area (Å²) >= 11 is 0. The molecule has 214 valence electrons. The van der Waals surface area contributed by atoms with Crippen molar-refractivity contribution >= 4 is 37.3 Å². The molecule has 0 radical (unpaired) electrons. The normalized spacial score (nSPS) is 15.5. The predicted molar refractivity (Wildman–Crippen MR) is 145 cm³/mol. The number of alkyl halides is 3. The summed E-state index contributed by atoms with van der Waals surface area (Å²) in [5.41, 5.74) is 0.842. The summed E-state index contributed by atoms with van der Waals surface area (Å²) in [6, 6.07) is 16.3. The summed E-state index contributed by atoms with van der Waals surface area (Å²) in [6.07, 6.45) is -3.94. The predicted octanol–water partition coefficient (Wildman–Crippen LogP) is 5.00. The number of amides is 1. The number of anilines is 2. The molecular weight excluding hydrogens is 567 g/mol. The third-order valence-corrected chi connectivity index (χ3v) is 9.81. The highest BCUT2D eigenvalue weighted by molar-refractivity contribution is 7.92. The van der Waals surface area contributed by atoms with Crippen LogP contribution in [0.25, 0.3) is 0 Å². The van der Waals surface area contributed by atoms with E-state index in [9.17, 15) is 34.8 Å². The first-order valence-electron chi connectivity index (χ1n) is 12.4. The first-order chi connectivity index (χ1) is 18.7.